The second kappa shape index (κ2) is 11.8. The van der Waals surface area contributed by atoms with E-state index in [0.29, 0.717) is 23.4 Å². The summed E-state index contributed by atoms with van der Waals surface area (Å²) in [5.74, 6) is 2.49. The van der Waals surface area contributed by atoms with E-state index in [1.165, 1.54) is 10.8 Å². The molecule has 0 spiro atoms. The Morgan fingerprint density at radius 3 is 1.94 bits per heavy atom. The summed E-state index contributed by atoms with van der Waals surface area (Å²) in [5, 5.41) is 4.70. The molecular weight excluding hydrogens is 671 g/mol. The molecule has 11 aromatic rings. The molecule has 0 amide bonds. The van der Waals surface area contributed by atoms with E-state index in [-0.39, 0.29) is 0 Å². The van der Waals surface area contributed by atoms with Gasteiger partial charge in [0, 0.05) is 58.9 Å². The van der Waals surface area contributed by atoms with Crippen molar-refractivity contribution in [2.24, 2.45) is 0 Å². The van der Waals surface area contributed by atoms with Crippen LogP contribution >= 0.6 is 11.3 Å². The lowest BCUT2D eigenvalue weighted by Crippen LogP contribution is -2.01. The first-order chi connectivity index (χ1) is 26.2. The topological polar surface area (TPSA) is 69.6 Å². The lowest BCUT2D eigenvalue weighted by atomic mass is 10.0. The Morgan fingerprint density at radius 1 is 0.453 bits per heavy atom. The molecule has 7 heteroatoms. The van der Waals surface area contributed by atoms with E-state index in [9.17, 15) is 0 Å². The van der Waals surface area contributed by atoms with Crippen molar-refractivity contribution in [3.63, 3.8) is 0 Å². The van der Waals surface area contributed by atoms with E-state index < -0.39 is 0 Å². The van der Waals surface area contributed by atoms with Crippen molar-refractivity contribution in [3.05, 3.63) is 164 Å². The van der Waals surface area contributed by atoms with E-state index in [2.05, 4.69) is 114 Å². The minimum atomic E-state index is 0.614. The Morgan fingerprint density at radius 2 is 1.13 bits per heavy atom. The van der Waals surface area contributed by atoms with Crippen LogP contribution in [0.25, 0.3) is 104 Å². The second-order valence-electron chi connectivity index (χ2n) is 13.1. The molecule has 0 radical (unpaired) electrons. The van der Waals surface area contributed by atoms with Crippen LogP contribution in [0.1, 0.15) is 0 Å². The van der Waals surface area contributed by atoms with Crippen LogP contribution in [0.3, 0.4) is 0 Å². The summed E-state index contributed by atoms with van der Waals surface area (Å²) in [6.45, 7) is 0. The van der Waals surface area contributed by atoms with E-state index >= 15 is 0 Å². The largest absolute Gasteiger partial charge is 0.436 e. The first-order valence-corrected chi connectivity index (χ1v) is 18.3. The van der Waals surface area contributed by atoms with E-state index in [1.807, 2.05) is 54.6 Å². The highest BCUT2D eigenvalue weighted by atomic mass is 32.1. The number of oxazole rings is 1. The molecular formula is C46H27N5OS. The van der Waals surface area contributed by atoms with Gasteiger partial charge in [0.15, 0.2) is 23.1 Å². The zero-order chi connectivity index (χ0) is 34.9. The number of thiophene rings is 1. The van der Waals surface area contributed by atoms with Crippen molar-refractivity contribution in [1.29, 1.82) is 0 Å². The van der Waals surface area contributed by atoms with Crippen LogP contribution < -0.4 is 0 Å². The van der Waals surface area contributed by atoms with Crippen LogP contribution in [0, 0.1) is 0 Å². The number of hydrogen-bond acceptors (Lipinski definition) is 6. The second-order valence-corrected chi connectivity index (χ2v) is 14.2. The fourth-order valence-electron chi connectivity index (χ4n) is 7.47. The monoisotopic (exact) mass is 697 g/mol. The SMILES string of the molecule is c1ccc(-c2nc(-c3cccc(-n4c5ccccc5c5ccccc54)c3)nc(-c3cccc4sc5cc(-c6nc7ccccc7o6)ccc5c34)n2)cc1. The van der Waals surface area contributed by atoms with Gasteiger partial charge in [-0.05, 0) is 54.6 Å². The Balaban J connectivity index is 1.09. The number of rotatable bonds is 5. The van der Waals surface area contributed by atoms with Crippen molar-refractivity contribution < 1.29 is 4.42 Å². The third-order valence-corrected chi connectivity index (χ3v) is 11.0. The number of hydrogen-bond donors (Lipinski definition) is 0. The van der Waals surface area contributed by atoms with Gasteiger partial charge in [0.1, 0.15) is 5.52 Å². The summed E-state index contributed by atoms with van der Waals surface area (Å²) in [7, 11) is 0. The van der Waals surface area contributed by atoms with E-state index in [4.69, 9.17) is 24.4 Å². The molecule has 0 N–H and O–H groups in total. The average Bonchev–Trinajstić information content (AvgIpc) is 3.93. The number of benzene rings is 7. The highest BCUT2D eigenvalue weighted by molar-refractivity contribution is 7.26. The molecule has 7 aromatic carbocycles. The lowest BCUT2D eigenvalue weighted by Gasteiger charge is -2.12. The molecule has 248 valence electrons. The minimum absolute atomic E-state index is 0.614. The number of para-hydroxylation sites is 4. The molecule has 0 bridgehead atoms. The average molecular weight is 698 g/mol. The van der Waals surface area contributed by atoms with Gasteiger partial charge < -0.3 is 8.98 Å². The Bertz CT molecular complexity index is 3110. The van der Waals surface area contributed by atoms with Gasteiger partial charge in [-0.2, -0.15) is 0 Å². The molecule has 53 heavy (non-hydrogen) atoms. The number of fused-ring (bicyclic) bond motifs is 7. The first-order valence-electron chi connectivity index (χ1n) is 17.5. The fraction of sp³-hybridized carbons (Fsp3) is 0. The van der Waals surface area contributed by atoms with Gasteiger partial charge in [0.2, 0.25) is 5.89 Å². The zero-order valence-corrected chi connectivity index (χ0v) is 29.0. The van der Waals surface area contributed by atoms with E-state index in [1.54, 1.807) is 11.3 Å². The van der Waals surface area contributed by atoms with Crippen LogP contribution in [0.4, 0.5) is 0 Å². The van der Waals surface area contributed by atoms with Gasteiger partial charge in [-0.1, -0.05) is 109 Å². The van der Waals surface area contributed by atoms with Gasteiger partial charge in [-0.25, -0.2) is 19.9 Å². The van der Waals surface area contributed by atoms with Gasteiger partial charge in [0.05, 0.1) is 11.0 Å². The number of nitrogens with zero attached hydrogens (tertiary/aromatic N) is 5. The normalized spacial score (nSPS) is 11.8. The van der Waals surface area contributed by atoms with Crippen LogP contribution in [0.5, 0.6) is 0 Å². The highest BCUT2D eigenvalue weighted by Crippen LogP contribution is 2.42. The van der Waals surface area contributed by atoms with E-state index in [0.717, 1.165) is 70.2 Å². The van der Waals surface area contributed by atoms with Crippen molar-refractivity contribution in [2.45, 2.75) is 0 Å². The molecule has 11 rings (SSSR count). The molecule has 0 aliphatic heterocycles. The summed E-state index contributed by atoms with van der Waals surface area (Å²) in [6.07, 6.45) is 0. The van der Waals surface area contributed by atoms with Crippen LogP contribution in [0.2, 0.25) is 0 Å². The van der Waals surface area contributed by atoms with Crippen LogP contribution in [0.15, 0.2) is 168 Å². The maximum absolute atomic E-state index is 6.12. The molecule has 0 saturated heterocycles. The van der Waals surface area contributed by atoms with Crippen LogP contribution in [-0.4, -0.2) is 24.5 Å². The molecule has 4 heterocycles. The summed E-state index contributed by atoms with van der Waals surface area (Å²) in [5.41, 5.74) is 8.73. The summed E-state index contributed by atoms with van der Waals surface area (Å²) in [4.78, 5) is 20.2. The van der Waals surface area contributed by atoms with Gasteiger partial charge >= 0.3 is 0 Å². The quantitative estimate of drug-likeness (QED) is 0.179. The van der Waals surface area contributed by atoms with Gasteiger partial charge in [-0.3, -0.25) is 0 Å². The van der Waals surface area contributed by atoms with Gasteiger partial charge in [-0.15, -0.1) is 11.3 Å². The molecule has 0 aliphatic rings. The molecule has 0 aliphatic carbocycles. The predicted molar refractivity (Wildman–Crippen MR) is 216 cm³/mol. The standard InChI is InChI=1S/C46H27N5OS/c1-2-12-28(13-3-1)43-48-44(29-14-10-15-31(26-29)51-37-20-7-4-16-32(37)33-17-5-8-21-38(33)51)50-45(49-43)35-18-11-23-40-42(35)34-25-24-30(27-41(34)53-40)46-47-36-19-6-9-22-39(36)52-46/h1-27H. The summed E-state index contributed by atoms with van der Waals surface area (Å²) < 4.78 is 10.7. The molecule has 0 unspecified atom stereocenters. The molecule has 0 atom stereocenters. The molecule has 4 aromatic heterocycles. The lowest BCUT2D eigenvalue weighted by molar-refractivity contribution is 0.620. The maximum atomic E-state index is 6.12. The van der Waals surface area contributed by atoms with Crippen molar-refractivity contribution in [3.8, 4) is 51.3 Å². The van der Waals surface area contributed by atoms with Crippen molar-refractivity contribution in [2.75, 3.05) is 0 Å². The van der Waals surface area contributed by atoms with Crippen molar-refractivity contribution >= 4 is 64.4 Å². The Kier molecular flexibility index (Phi) is 6.62. The maximum Gasteiger partial charge on any atom is 0.227 e. The van der Waals surface area contributed by atoms with Crippen LogP contribution in [-0.2, 0) is 0 Å². The third-order valence-electron chi connectivity index (χ3n) is 9.89. The molecule has 0 fully saturated rings. The number of aromatic nitrogens is 5. The molecule has 6 nitrogen and oxygen atoms in total. The summed E-state index contributed by atoms with van der Waals surface area (Å²) >= 11 is 1.75. The zero-order valence-electron chi connectivity index (χ0n) is 28.1. The highest BCUT2D eigenvalue weighted by Gasteiger charge is 2.19. The third kappa shape index (κ3) is 4.86. The molecule has 0 saturated carbocycles. The Hall–Kier alpha value is -6.96. The smallest absolute Gasteiger partial charge is 0.227 e. The minimum Gasteiger partial charge on any atom is -0.436 e. The summed E-state index contributed by atoms with van der Waals surface area (Å²) in [6, 6.07) is 56.4. The first kappa shape index (κ1) is 29.7. The fourth-order valence-corrected chi connectivity index (χ4v) is 8.64. The van der Waals surface area contributed by atoms with Crippen molar-refractivity contribution in [1.82, 2.24) is 24.5 Å². The Labute approximate surface area is 307 Å². The predicted octanol–water partition coefficient (Wildman–Crippen LogP) is 12.1. The van der Waals surface area contributed by atoms with Gasteiger partial charge in [0.25, 0.3) is 0 Å².